The monoisotopic (exact) mass is 236 g/mol. The first-order valence-corrected chi connectivity index (χ1v) is 5.60. The van der Waals surface area contributed by atoms with Gasteiger partial charge in [-0.25, -0.2) is 0 Å². The van der Waals surface area contributed by atoms with Gasteiger partial charge in [-0.15, -0.1) is 0 Å². The van der Waals surface area contributed by atoms with E-state index in [1.165, 1.54) is 0 Å². The minimum Gasteiger partial charge on any atom is -0.394 e. The normalized spacial score (nSPS) is 11.1. The van der Waals surface area contributed by atoms with Crippen molar-refractivity contribution in [3.63, 3.8) is 0 Å². The lowest BCUT2D eigenvalue weighted by Gasteiger charge is -2.34. The number of amides is 1. The van der Waals surface area contributed by atoms with Crippen LogP contribution < -0.4 is 5.32 Å². The molecule has 0 radical (unpaired) electrons. The zero-order valence-corrected chi connectivity index (χ0v) is 10.8. The average Bonchev–Trinajstić information content (AvgIpc) is 2.36. The Morgan fingerprint density at radius 1 is 1.41 bits per heavy atom. The fourth-order valence-corrected chi connectivity index (χ4v) is 1.45. The van der Waals surface area contributed by atoms with Crippen molar-refractivity contribution >= 4 is 11.6 Å². The zero-order chi connectivity index (χ0) is 13.1. The van der Waals surface area contributed by atoms with Gasteiger partial charge < -0.3 is 15.3 Å². The number of hydrogen-bond acceptors (Lipinski definition) is 3. The van der Waals surface area contributed by atoms with Crippen LogP contribution in [0.4, 0.5) is 5.69 Å². The van der Waals surface area contributed by atoms with Crippen LogP contribution in [-0.4, -0.2) is 42.2 Å². The Morgan fingerprint density at radius 2 is 2.00 bits per heavy atom. The van der Waals surface area contributed by atoms with Gasteiger partial charge in [0.15, 0.2) is 0 Å². The molecule has 0 unspecified atom stereocenters. The lowest BCUT2D eigenvalue weighted by Crippen LogP contribution is -2.47. The van der Waals surface area contributed by atoms with Gasteiger partial charge >= 0.3 is 0 Å². The number of carbonyl (C=O) groups excluding carboxylic acids is 1. The highest BCUT2D eigenvalue weighted by Gasteiger charge is 2.28. The van der Waals surface area contributed by atoms with E-state index in [1.807, 2.05) is 32.0 Å². The van der Waals surface area contributed by atoms with Gasteiger partial charge in [0.25, 0.3) is 5.91 Å². The Hall–Kier alpha value is -1.55. The van der Waals surface area contributed by atoms with E-state index in [0.29, 0.717) is 5.56 Å². The van der Waals surface area contributed by atoms with Gasteiger partial charge in [0.05, 0.1) is 17.7 Å². The molecular weight excluding hydrogens is 216 g/mol. The van der Waals surface area contributed by atoms with Crippen molar-refractivity contribution in [2.75, 3.05) is 26.0 Å². The fraction of sp³-hybridized carbons (Fsp3) is 0.462. The number of aliphatic hydroxyl groups excluding tert-OH is 1. The summed E-state index contributed by atoms with van der Waals surface area (Å²) in [5.41, 5.74) is 0.829. The van der Waals surface area contributed by atoms with Crippen LogP contribution in [0.3, 0.4) is 0 Å². The van der Waals surface area contributed by atoms with Crippen LogP contribution in [0.15, 0.2) is 24.3 Å². The van der Waals surface area contributed by atoms with Gasteiger partial charge in [-0.05, 0) is 26.0 Å². The Labute approximate surface area is 102 Å². The third-order valence-electron chi connectivity index (χ3n) is 3.03. The van der Waals surface area contributed by atoms with E-state index in [9.17, 15) is 9.90 Å². The van der Waals surface area contributed by atoms with Crippen LogP contribution in [0.1, 0.15) is 24.2 Å². The van der Waals surface area contributed by atoms with Crippen LogP contribution in [0, 0.1) is 0 Å². The molecule has 1 rings (SSSR count). The summed E-state index contributed by atoms with van der Waals surface area (Å²) in [6.45, 7) is 3.58. The SMILES string of the molecule is CNc1ccccc1C(=O)N(C)C(C)(C)CO. The Kier molecular flexibility index (Phi) is 4.12. The van der Waals surface area contributed by atoms with E-state index in [2.05, 4.69) is 5.32 Å². The number of anilines is 1. The van der Waals surface area contributed by atoms with Crippen LogP contribution in [-0.2, 0) is 0 Å². The molecule has 1 aromatic carbocycles. The van der Waals surface area contributed by atoms with Crippen molar-refractivity contribution in [1.29, 1.82) is 0 Å². The van der Waals surface area contributed by atoms with Gasteiger partial charge in [-0.3, -0.25) is 4.79 Å². The molecule has 0 aliphatic rings. The molecule has 0 aliphatic carbocycles. The molecule has 0 aliphatic heterocycles. The molecule has 0 heterocycles. The second-order valence-electron chi connectivity index (χ2n) is 4.63. The fourth-order valence-electron chi connectivity index (χ4n) is 1.45. The largest absolute Gasteiger partial charge is 0.394 e. The molecule has 0 bridgehead atoms. The molecule has 0 saturated heterocycles. The predicted octanol–water partition coefficient (Wildman–Crippen LogP) is 1.57. The average molecular weight is 236 g/mol. The van der Waals surface area contributed by atoms with Crippen LogP contribution in [0.25, 0.3) is 0 Å². The molecule has 1 aromatic rings. The second-order valence-corrected chi connectivity index (χ2v) is 4.63. The quantitative estimate of drug-likeness (QED) is 0.834. The molecule has 4 heteroatoms. The maximum atomic E-state index is 12.3. The van der Waals surface area contributed by atoms with Gasteiger partial charge in [0.1, 0.15) is 0 Å². The summed E-state index contributed by atoms with van der Waals surface area (Å²) in [5, 5.41) is 12.3. The summed E-state index contributed by atoms with van der Waals surface area (Å²) in [6.07, 6.45) is 0. The molecule has 2 N–H and O–H groups in total. The number of rotatable bonds is 4. The Bertz CT molecular complexity index is 402. The summed E-state index contributed by atoms with van der Waals surface area (Å²) < 4.78 is 0. The van der Waals surface area contributed by atoms with E-state index >= 15 is 0 Å². The highest BCUT2D eigenvalue weighted by molar-refractivity contribution is 5.99. The number of aliphatic hydroxyl groups is 1. The van der Waals surface area contributed by atoms with E-state index in [4.69, 9.17) is 0 Å². The Morgan fingerprint density at radius 3 is 2.53 bits per heavy atom. The highest BCUT2D eigenvalue weighted by atomic mass is 16.3. The topological polar surface area (TPSA) is 52.6 Å². The maximum absolute atomic E-state index is 12.3. The van der Waals surface area contributed by atoms with Crippen LogP contribution >= 0.6 is 0 Å². The standard InChI is InChI=1S/C13H20N2O2/c1-13(2,9-16)15(4)12(17)10-7-5-6-8-11(10)14-3/h5-8,14,16H,9H2,1-4H3. The number of para-hydroxylation sites is 1. The predicted molar refractivity (Wildman–Crippen MR) is 69.2 cm³/mol. The van der Waals surface area contributed by atoms with Crippen LogP contribution in [0.2, 0.25) is 0 Å². The number of nitrogens with one attached hydrogen (secondary N) is 1. The first kappa shape index (κ1) is 13.5. The maximum Gasteiger partial charge on any atom is 0.256 e. The van der Waals surface area contributed by atoms with E-state index in [0.717, 1.165) is 5.69 Å². The third kappa shape index (κ3) is 2.77. The number of nitrogens with zero attached hydrogens (tertiary/aromatic N) is 1. The summed E-state index contributed by atoms with van der Waals surface area (Å²) in [7, 11) is 3.48. The molecule has 1 amide bonds. The second kappa shape index (κ2) is 5.19. The zero-order valence-electron chi connectivity index (χ0n) is 10.8. The summed E-state index contributed by atoms with van der Waals surface area (Å²) >= 11 is 0. The van der Waals surface area contributed by atoms with Gasteiger partial charge in [-0.1, -0.05) is 12.1 Å². The van der Waals surface area contributed by atoms with E-state index in [-0.39, 0.29) is 12.5 Å². The molecule has 4 nitrogen and oxygen atoms in total. The first-order chi connectivity index (χ1) is 7.94. The van der Waals surface area contributed by atoms with Gasteiger partial charge in [0.2, 0.25) is 0 Å². The number of benzene rings is 1. The number of hydrogen-bond donors (Lipinski definition) is 2. The van der Waals surface area contributed by atoms with Gasteiger partial charge in [-0.2, -0.15) is 0 Å². The van der Waals surface area contributed by atoms with Gasteiger partial charge in [0, 0.05) is 19.8 Å². The summed E-state index contributed by atoms with van der Waals surface area (Å²) in [5.74, 6) is -0.103. The first-order valence-electron chi connectivity index (χ1n) is 5.60. The molecular formula is C13H20N2O2. The van der Waals surface area contributed by atoms with E-state index < -0.39 is 5.54 Å². The minimum atomic E-state index is -0.571. The molecule has 0 saturated carbocycles. The number of carbonyl (C=O) groups is 1. The van der Waals surface area contributed by atoms with Crippen molar-refractivity contribution < 1.29 is 9.90 Å². The lowest BCUT2D eigenvalue weighted by molar-refractivity contribution is 0.0474. The smallest absolute Gasteiger partial charge is 0.256 e. The van der Waals surface area contributed by atoms with Crippen molar-refractivity contribution in [2.45, 2.75) is 19.4 Å². The molecule has 0 spiro atoms. The molecule has 0 fully saturated rings. The molecule has 0 atom stereocenters. The summed E-state index contributed by atoms with van der Waals surface area (Å²) in [4.78, 5) is 13.9. The van der Waals surface area contributed by atoms with Crippen molar-refractivity contribution in [2.24, 2.45) is 0 Å². The van der Waals surface area contributed by atoms with Crippen molar-refractivity contribution in [3.05, 3.63) is 29.8 Å². The third-order valence-corrected chi connectivity index (χ3v) is 3.03. The van der Waals surface area contributed by atoms with Crippen molar-refractivity contribution in [1.82, 2.24) is 4.90 Å². The molecule has 94 valence electrons. The van der Waals surface area contributed by atoms with Crippen molar-refractivity contribution in [3.8, 4) is 0 Å². The lowest BCUT2D eigenvalue weighted by atomic mass is 10.0. The molecule has 17 heavy (non-hydrogen) atoms. The summed E-state index contributed by atoms with van der Waals surface area (Å²) in [6, 6.07) is 7.33. The van der Waals surface area contributed by atoms with E-state index in [1.54, 1.807) is 25.1 Å². The minimum absolute atomic E-state index is 0.0725. The highest BCUT2D eigenvalue weighted by Crippen LogP contribution is 2.20. The number of likely N-dealkylation sites (N-methyl/N-ethyl adjacent to an activating group) is 1. The van der Waals surface area contributed by atoms with Crippen LogP contribution in [0.5, 0.6) is 0 Å². The molecule has 0 aromatic heterocycles. The Balaban J connectivity index is 3.04.